The third-order valence-corrected chi connectivity index (χ3v) is 2.97. The largest absolute Gasteiger partial charge is 0.370 e. The highest BCUT2D eigenvalue weighted by molar-refractivity contribution is 5.97. The van der Waals surface area contributed by atoms with Crippen LogP contribution in [0.3, 0.4) is 0 Å². The van der Waals surface area contributed by atoms with Gasteiger partial charge >= 0.3 is 0 Å². The standard InChI is InChI=1S/C8H16O4Si/c13-12-11-9-4-3-6-1-2-7-8(5-6)10-7/h6-8H,1-5H2,13H3. The second-order valence-corrected chi connectivity index (χ2v) is 4.07. The van der Waals surface area contributed by atoms with Gasteiger partial charge in [0.25, 0.3) is 0 Å². The zero-order chi connectivity index (χ0) is 9.10. The van der Waals surface area contributed by atoms with Crippen molar-refractivity contribution in [1.29, 1.82) is 0 Å². The molecule has 4 nitrogen and oxygen atoms in total. The molecule has 2 fully saturated rings. The van der Waals surface area contributed by atoms with Crippen LogP contribution in [0.15, 0.2) is 0 Å². The second kappa shape index (κ2) is 4.52. The molecule has 1 saturated heterocycles. The van der Waals surface area contributed by atoms with Crippen LogP contribution < -0.4 is 0 Å². The van der Waals surface area contributed by atoms with Crippen molar-refractivity contribution in [1.82, 2.24) is 0 Å². The van der Waals surface area contributed by atoms with E-state index in [1.54, 1.807) is 0 Å². The number of epoxide rings is 1. The molecule has 0 aromatic heterocycles. The fourth-order valence-electron chi connectivity index (χ4n) is 2.05. The van der Waals surface area contributed by atoms with Crippen molar-refractivity contribution < 1.29 is 19.2 Å². The SMILES string of the molecule is [SiH3]OOOCCC1CCC2OC2C1. The van der Waals surface area contributed by atoms with Gasteiger partial charge in [-0.05, 0) is 31.6 Å². The normalized spacial score (nSPS) is 37.4. The first kappa shape index (κ1) is 9.61. The molecule has 13 heavy (non-hydrogen) atoms. The van der Waals surface area contributed by atoms with Gasteiger partial charge in [-0.2, -0.15) is 0 Å². The summed E-state index contributed by atoms with van der Waals surface area (Å²) in [6.45, 7) is 0.629. The van der Waals surface area contributed by atoms with Crippen molar-refractivity contribution in [3.8, 4) is 0 Å². The van der Waals surface area contributed by atoms with Crippen LogP contribution in [0, 0.1) is 5.92 Å². The number of rotatable bonds is 5. The summed E-state index contributed by atoms with van der Waals surface area (Å²) in [5.41, 5.74) is 0. The van der Waals surface area contributed by atoms with E-state index < -0.39 is 0 Å². The molecule has 1 aliphatic heterocycles. The van der Waals surface area contributed by atoms with Gasteiger partial charge in [0.1, 0.15) is 0 Å². The van der Waals surface area contributed by atoms with E-state index >= 15 is 0 Å². The van der Waals surface area contributed by atoms with Crippen molar-refractivity contribution in [2.75, 3.05) is 6.61 Å². The molecule has 76 valence electrons. The van der Waals surface area contributed by atoms with Crippen LogP contribution in [0.4, 0.5) is 0 Å². The summed E-state index contributed by atoms with van der Waals surface area (Å²) in [6.07, 6.45) is 5.92. The molecule has 1 saturated carbocycles. The summed E-state index contributed by atoms with van der Waals surface area (Å²) in [5, 5.41) is 4.39. The minimum Gasteiger partial charge on any atom is -0.370 e. The Kier molecular flexibility index (Phi) is 3.34. The molecule has 0 amide bonds. The highest BCUT2D eigenvalue weighted by atomic mass is 28.2. The van der Waals surface area contributed by atoms with Crippen LogP contribution in [-0.4, -0.2) is 29.3 Å². The monoisotopic (exact) mass is 204 g/mol. The van der Waals surface area contributed by atoms with Crippen molar-refractivity contribution in [3.05, 3.63) is 0 Å². The predicted octanol–water partition coefficient (Wildman–Crippen LogP) is 0.104. The van der Waals surface area contributed by atoms with Crippen molar-refractivity contribution in [2.45, 2.75) is 37.9 Å². The molecule has 2 rings (SSSR count). The van der Waals surface area contributed by atoms with Crippen molar-refractivity contribution >= 4 is 10.5 Å². The van der Waals surface area contributed by atoms with Gasteiger partial charge in [-0.3, -0.25) is 4.58 Å². The molecule has 0 bridgehead atoms. The molecule has 0 aromatic rings. The maximum atomic E-state index is 5.44. The van der Waals surface area contributed by atoms with E-state index in [9.17, 15) is 0 Å². The first-order chi connectivity index (χ1) is 6.40. The average molecular weight is 204 g/mol. The lowest BCUT2D eigenvalue weighted by molar-refractivity contribution is -0.467. The van der Waals surface area contributed by atoms with Crippen LogP contribution in [0.1, 0.15) is 25.7 Å². The van der Waals surface area contributed by atoms with Gasteiger partial charge in [-0.25, -0.2) is 4.89 Å². The van der Waals surface area contributed by atoms with Crippen LogP contribution in [0.5, 0.6) is 0 Å². The Balaban J connectivity index is 1.54. The molecular weight excluding hydrogens is 188 g/mol. The lowest BCUT2D eigenvalue weighted by atomic mass is 9.87. The Hall–Kier alpha value is 0.0569. The highest BCUT2D eigenvalue weighted by Gasteiger charge is 2.43. The minimum absolute atomic E-state index is 0.552. The summed E-state index contributed by atoms with van der Waals surface area (Å²) >= 11 is 0. The maximum Gasteiger partial charge on any atom is 0.197 e. The topological polar surface area (TPSA) is 40.2 Å². The van der Waals surface area contributed by atoms with Crippen LogP contribution in [0.25, 0.3) is 0 Å². The Bertz CT molecular complexity index is 166. The number of fused-ring (bicyclic) bond motifs is 1. The number of ether oxygens (including phenoxy) is 1. The van der Waals surface area contributed by atoms with Gasteiger partial charge in [0.05, 0.1) is 18.8 Å². The van der Waals surface area contributed by atoms with E-state index in [2.05, 4.69) is 9.61 Å². The molecule has 5 heteroatoms. The van der Waals surface area contributed by atoms with Gasteiger partial charge in [0.2, 0.25) is 0 Å². The second-order valence-electron chi connectivity index (χ2n) is 3.74. The Labute approximate surface area is 80.9 Å². The summed E-state index contributed by atoms with van der Waals surface area (Å²) in [7, 11) is 0.552. The van der Waals surface area contributed by atoms with Gasteiger partial charge in [-0.1, -0.05) is 5.04 Å². The van der Waals surface area contributed by atoms with E-state index in [4.69, 9.17) is 9.62 Å². The molecule has 1 heterocycles. The maximum absolute atomic E-state index is 5.44. The molecule has 3 unspecified atom stereocenters. The molecule has 2 aliphatic rings. The van der Waals surface area contributed by atoms with E-state index in [1.165, 1.54) is 19.3 Å². The van der Waals surface area contributed by atoms with E-state index in [-0.39, 0.29) is 0 Å². The molecule has 0 aromatic carbocycles. The van der Waals surface area contributed by atoms with Gasteiger partial charge in [0, 0.05) is 0 Å². The number of hydrogen-bond acceptors (Lipinski definition) is 4. The minimum atomic E-state index is 0.552. The lowest BCUT2D eigenvalue weighted by Crippen LogP contribution is -2.15. The third kappa shape index (κ3) is 2.75. The van der Waals surface area contributed by atoms with Crippen LogP contribution >= 0.6 is 0 Å². The summed E-state index contributed by atoms with van der Waals surface area (Å²) in [6, 6.07) is 0. The summed E-state index contributed by atoms with van der Waals surface area (Å²) in [5.74, 6) is 0.751. The molecular formula is C8H16O4Si. The van der Waals surface area contributed by atoms with E-state index in [1.807, 2.05) is 0 Å². The molecule has 0 spiro atoms. The van der Waals surface area contributed by atoms with Crippen molar-refractivity contribution in [3.63, 3.8) is 0 Å². The molecule has 0 N–H and O–H groups in total. The third-order valence-electron chi connectivity index (χ3n) is 2.84. The first-order valence-corrected chi connectivity index (χ1v) is 5.69. The fraction of sp³-hybridized carbons (Fsp3) is 1.00. The first-order valence-electron chi connectivity index (χ1n) is 4.88. The highest BCUT2D eigenvalue weighted by Crippen LogP contribution is 2.40. The molecule has 0 radical (unpaired) electrons. The van der Waals surface area contributed by atoms with Crippen LogP contribution in [-0.2, 0) is 19.2 Å². The Morgan fingerprint density at radius 3 is 3.00 bits per heavy atom. The van der Waals surface area contributed by atoms with Gasteiger partial charge < -0.3 is 4.74 Å². The smallest absolute Gasteiger partial charge is 0.197 e. The zero-order valence-electron chi connectivity index (χ0n) is 7.90. The Morgan fingerprint density at radius 2 is 2.23 bits per heavy atom. The Morgan fingerprint density at radius 1 is 1.31 bits per heavy atom. The number of hydrogen-bond donors (Lipinski definition) is 0. The van der Waals surface area contributed by atoms with Gasteiger partial charge in [0.15, 0.2) is 10.5 Å². The molecule has 3 atom stereocenters. The lowest BCUT2D eigenvalue weighted by Gasteiger charge is -2.17. The van der Waals surface area contributed by atoms with E-state index in [0.29, 0.717) is 29.3 Å². The molecule has 1 aliphatic carbocycles. The predicted molar refractivity (Wildman–Crippen MR) is 48.7 cm³/mol. The van der Waals surface area contributed by atoms with Crippen LogP contribution in [0.2, 0.25) is 0 Å². The quantitative estimate of drug-likeness (QED) is 0.209. The fourth-order valence-corrected chi connectivity index (χ4v) is 2.14. The zero-order valence-corrected chi connectivity index (χ0v) is 9.90. The van der Waals surface area contributed by atoms with E-state index in [0.717, 1.165) is 12.3 Å². The van der Waals surface area contributed by atoms with Gasteiger partial charge in [-0.15, -0.1) is 0 Å². The van der Waals surface area contributed by atoms with Crippen molar-refractivity contribution in [2.24, 2.45) is 5.92 Å². The average Bonchev–Trinajstić information content (AvgIpc) is 2.90. The summed E-state index contributed by atoms with van der Waals surface area (Å²) < 4.78 is 9.90. The summed E-state index contributed by atoms with van der Waals surface area (Å²) in [4.78, 5) is 4.81.